The van der Waals surface area contributed by atoms with Crippen LogP contribution in [0.1, 0.15) is 37.3 Å². The fourth-order valence-electron chi connectivity index (χ4n) is 3.33. The van der Waals surface area contributed by atoms with Gasteiger partial charge in [-0.3, -0.25) is 4.98 Å². The van der Waals surface area contributed by atoms with Crippen LogP contribution in [0.15, 0.2) is 53.2 Å². The number of benzene rings is 1. The van der Waals surface area contributed by atoms with E-state index in [1.165, 1.54) is 0 Å². The molecular formula is C20H21N5O2. The van der Waals surface area contributed by atoms with E-state index in [1.54, 1.807) is 6.20 Å². The third kappa shape index (κ3) is 3.67. The first kappa shape index (κ1) is 17.2. The minimum Gasteiger partial charge on any atom is -0.334 e. The molecule has 1 fully saturated rings. The molecule has 7 nitrogen and oxygen atoms in total. The molecule has 27 heavy (non-hydrogen) atoms. The van der Waals surface area contributed by atoms with E-state index >= 15 is 0 Å². The Hall–Kier alpha value is -3.22. The molecule has 0 bridgehead atoms. The average molecular weight is 363 g/mol. The highest BCUT2D eigenvalue weighted by Crippen LogP contribution is 2.31. The molecule has 0 radical (unpaired) electrons. The van der Waals surface area contributed by atoms with Gasteiger partial charge in [-0.25, -0.2) is 4.79 Å². The second-order valence-electron chi connectivity index (χ2n) is 6.49. The predicted octanol–water partition coefficient (Wildman–Crippen LogP) is 4.06. The first-order valence-electron chi connectivity index (χ1n) is 9.16. The van der Waals surface area contributed by atoms with Crippen molar-refractivity contribution < 1.29 is 9.32 Å². The maximum Gasteiger partial charge on any atom is 0.322 e. The Morgan fingerprint density at radius 1 is 1.30 bits per heavy atom. The molecule has 0 saturated carbocycles. The molecule has 4 rings (SSSR count). The van der Waals surface area contributed by atoms with Crippen molar-refractivity contribution in [1.29, 1.82) is 0 Å². The van der Waals surface area contributed by atoms with Gasteiger partial charge >= 0.3 is 6.03 Å². The molecule has 0 spiro atoms. The highest BCUT2D eigenvalue weighted by molar-refractivity contribution is 5.90. The van der Waals surface area contributed by atoms with Gasteiger partial charge in [0.05, 0.1) is 11.7 Å². The number of rotatable bonds is 4. The van der Waals surface area contributed by atoms with E-state index in [1.807, 2.05) is 54.3 Å². The van der Waals surface area contributed by atoms with E-state index in [4.69, 9.17) is 4.52 Å². The molecule has 0 aliphatic carbocycles. The van der Waals surface area contributed by atoms with Gasteiger partial charge < -0.3 is 14.7 Å². The van der Waals surface area contributed by atoms with Crippen LogP contribution in [0.3, 0.4) is 0 Å². The molecule has 1 saturated heterocycles. The van der Waals surface area contributed by atoms with Crippen LogP contribution in [0.2, 0.25) is 0 Å². The number of likely N-dealkylation sites (tertiary alicyclic amines) is 1. The van der Waals surface area contributed by atoms with E-state index in [0.29, 0.717) is 23.8 Å². The summed E-state index contributed by atoms with van der Waals surface area (Å²) < 4.78 is 5.28. The van der Waals surface area contributed by atoms with Crippen molar-refractivity contribution in [3.05, 3.63) is 60.2 Å². The Balaban J connectivity index is 1.50. The summed E-state index contributed by atoms with van der Waals surface area (Å²) in [4.78, 5) is 23.4. The van der Waals surface area contributed by atoms with Crippen molar-refractivity contribution in [2.24, 2.45) is 0 Å². The van der Waals surface area contributed by atoms with Crippen molar-refractivity contribution in [3.8, 4) is 11.5 Å². The molecule has 0 unspecified atom stereocenters. The Morgan fingerprint density at radius 2 is 2.22 bits per heavy atom. The standard InChI is InChI=1S/C20H21N5O2/c1-2-18-23-19(27-24-18)14-7-5-8-15(13-14)22-20(26)25-12-6-10-17(25)16-9-3-4-11-21-16/h3-5,7-9,11,13,17H,2,6,10,12H2,1H3,(H,22,26)/t17-/m0/s1. The summed E-state index contributed by atoms with van der Waals surface area (Å²) in [6.45, 7) is 2.69. The number of carbonyl (C=O) groups excluding carboxylic acids is 1. The molecule has 1 aromatic carbocycles. The summed E-state index contributed by atoms with van der Waals surface area (Å²) in [5.74, 6) is 1.12. The summed E-state index contributed by atoms with van der Waals surface area (Å²) in [6, 6.07) is 13.1. The van der Waals surface area contributed by atoms with E-state index in [-0.39, 0.29) is 12.1 Å². The topological polar surface area (TPSA) is 84.2 Å². The maximum atomic E-state index is 12.8. The smallest absolute Gasteiger partial charge is 0.322 e. The lowest BCUT2D eigenvalue weighted by atomic mass is 10.1. The third-order valence-electron chi connectivity index (χ3n) is 4.69. The van der Waals surface area contributed by atoms with E-state index in [9.17, 15) is 4.79 Å². The van der Waals surface area contributed by atoms with Gasteiger partial charge in [0.15, 0.2) is 5.82 Å². The second kappa shape index (κ2) is 7.57. The number of aryl methyl sites for hydroxylation is 1. The van der Waals surface area contributed by atoms with Gasteiger partial charge in [-0.1, -0.05) is 24.2 Å². The van der Waals surface area contributed by atoms with Crippen LogP contribution < -0.4 is 5.32 Å². The Morgan fingerprint density at radius 3 is 3.00 bits per heavy atom. The summed E-state index contributed by atoms with van der Waals surface area (Å²) in [5.41, 5.74) is 2.40. The minimum atomic E-state index is -0.125. The van der Waals surface area contributed by atoms with Gasteiger partial charge in [-0.15, -0.1) is 0 Å². The quantitative estimate of drug-likeness (QED) is 0.755. The van der Waals surface area contributed by atoms with Gasteiger partial charge in [-0.2, -0.15) is 4.98 Å². The normalized spacial score (nSPS) is 16.5. The van der Waals surface area contributed by atoms with Crippen LogP contribution in [-0.2, 0) is 6.42 Å². The summed E-state index contributed by atoms with van der Waals surface area (Å²) in [6.07, 6.45) is 4.37. The molecule has 1 aliphatic heterocycles. The van der Waals surface area contributed by atoms with Gasteiger partial charge in [0.2, 0.25) is 0 Å². The summed E-state index contributed by atoms with van der Waals surface area (Å²) in [7, 11) is 0. The number of urea groups is 1. The van der Waals surface area contributed by atoms with Crippen LogP contribution >= 0.6 is 0 Å². The van der Waals surface area contributed by atoms with Crippen LogP contribution in [0, 0.1) is 0 Å². The summed E-state index contributed by atoms with van der Waals surface area (Å²) >= 11 is 0. The van der Waals surface area contributed by atoms with Gasteiger partial charge in [0.25, 0.3) is 5.89 Å². The lowest BCUT2D eigenvalue weighted by Crippen LogP contribution is -2.34. The fraction of sp³-hybridized carbons (Fsp3) is 0.300. The maximum absolute atomic E-state index is 12.8. The number of nitrogens with one attached hydrogen (secondary N) is 1. The molecule has 3 aromatic rings. The predicted molar refractivity (Wildman–Crippen MR) is 101 cm³/mol. The van der Waals surface area contributed by atoms with E-state index in [0.717, 1.165) is 30.6 Å². The third-order valence-corrected chi connectivity index (χ3v) is 4.69. The molecule has 138 valence electrons. The molecular weight excluding hydrogens is 342 g/mol. The first-order chi connectivity index (χ1) is 13.2. The van der Waals surface area contributed by atoms with Crippen LogP contribution in [0.4, 0.5) is 10.5 Å². The highest BCUT2D eigenvalue weighted by atomic mass is 16.5. The Labute approximate surface area is 157 Å². The van der Waals surface area contributed by atoms with Crippen molar-refractivity contribution in [1.82, 2.24) is 20.0 Å². The fourth-order valence-corrected chi connectivity index (χ4v) is 3.33. The number of anilines is 1. The van der Waals surface area contributed by atoms with Gasteiger partial charge in [0, 0.05) is 30.4 Å². The molecule has 1 aliphatic rings. The molecule has 1 atom stereocenters. The Kier molecular flexibility index (Phi) is 4.82. The molecule has 1 N–H and O–H groups in total. The second-order valence-corrected chi connectivity index (χ2v) is 6.49. The van der Waals surface area contributed by atoms with E-state index < -0.39 is 0 Å². The number of amides is 2. The number of hydrogen-bond acceptors (Lipinski definition) is 5. The minimum absolute atomic E-state index is 0.0115. The summed E-state index contributed by atoms with van der Waals surface area (Å²) in [5, 5.41) is 6.90. The van der Waals surface area contributed by atoms with Crippen LogP contribution in [0.25, 0.3) is 11.5 Å². The number of hydrogen-bond donors (Lipinski definition) is 1. The largest absolute Gasteiger partial charge is 0.334 e. The van der Waals surface area contributed by atoms with Crippen molar-refractivity contribution in [2.45, 2.75) is 32.2 Å². The molecule has 2 amide bonds. The van der Waals surface area contributed by atoms with Gasteiger partial charge in [0.1, 0.15) is 0 Å². The monoisotopic (exact) mass is 363 g/mol. The number of pyridine rings is 1. The number of carbonyl (C=O) groups is 1. The molecule has 7 heteroatoms. The lowest BCUT2D eigenvalue weighted by Gasteiger charge is -2.24. The highest BCUT2D eigenvalue weighted by Gasteiger charge is 2.30. The first-order valence-corrected chi connectivity index (χ1v) is 9.16. The van der Waals surface area contributed by atoms with E-state index in [2.05, 4.69) is 20.4 Å². The van der Waals surface area contributed by atoms with Crippen molar-refractivity contribution in [2.75, 3.05) is 11.9 Å². The molecule has 2 aromatic heterocycles. The average Bonchev–Trinajstić information content (AvgIpc) is 3.38. The van der Waals surface area contributed by atoms with Crippen molar-refractivity contribution in [3.63, 3.8) is 0 Å². The lowest BCUT2D eigenvalue weighted by molar-refractivity contribution is 0.206. The number of aromatic nitrogens is 3. The number of nitrogens with zero attached hydrogens (tertiary/aromatic N) is 4. The van der Waals surface area contributed by atoms with Crippen molar-refractivity contribution >= 4 is 11.7 Å². The zero-order valence-corrected chi connectivity index (χ0v) is 15.1. The SMILES string of the molecule is CCc1noc(-c2cccc(NC(=O)N3CCC[C@H]3c3ccccn3)c2)n1. The molecule has 3 heterocycles. The Bertz CT molecular complexity index is 925. The van der Waals surface area contributed by atoms with Gasteiger partial charge in [-0.05, 0) is 43.2 Å². The zero-order valence-electron chi connectivity index (χ0n) is 15.1. The van der Waals surface area contributed by atoms with Crippen LogP contribution in [0.5, 0.6) is 0 Å². The zero-order chi connectivity index (χ0) is 18.6. The van der Waals surface area contributed by atoms with Crippen LogP contribution in [-0.4, -0.2) is 32.6 Å².